The Hall–Kier alpha value is -0.200. The van der Waals surface area contributed by atoms with Crippen molar-refractivity contribution in [3.63, 3.8) is 0 Å². The maximum atomic E-state index is 9.91. The summed E-state index contributed by atoms with van der Waals surface area (Å²) in [6.45, 7) is 1.88. The van der Waals surface area contributed by atoms with E-state index in [2.05, 4.69) is 0 Å². The molecule has 0 spiro atoms. The third kappa shape index (κ3) is 2.89. The molecule has 0 saturated carbocycles. The molecule has 1 aliphatic heterocycles. The Morgan fingerprint density at radius 3 is 2.53 bits per heavy atom. The van der Waals surface area contributed by atoms with Crippen LogP contribution in [0.1, 0.15) is 32.6 Å². The van der Waals surface area contributed by atoms with Gasteiger partial charge < -0.3 is 25.2 Å². The molecule has 1 heterocycles. The minimum atomic E-state index is -1.71. The highest BCUT2D eigenvalue weighted by Crippen LogP contribution is 2.28. The summed E-state index contributed by atoms with van der Waals surface area (Å²) < 4.78 is 5.00. The van der Waals surface area contributed by atoms with E-state index in [1.165, 1.54) is 0 Å². The molecule has 0 radical (unpaired) electrons. The molecule has 1 fully saturated rings. The van der Waals surface area contributed by atoms with E-state index in [-0.39, 0.29) is 13.0 Å². The average molecular weight is 220 g/mol. The SMILES string of the molecule is CCCCC[C@@]1(O)OC[C@@H](O)[C@H](O)[C@H]1O. The molecule has 0 aromatic heterocycles. The Kier molecular flexibility index (Phi) is 4.48. The van der Waals surface area contributed by atoms with Crippen LogP contribution in [0, 0.1) is 0 Å². The van der Waals surface area contributed by atoms with Crippen molar-refractivity contribution in [2.45, 2.75) is 56.7 Å². The summed E-state index contributed by atoms with van der Waals surface area (Å²) in [5.41, 5.74) is 0. The van der Waals surface area contributed by atoms with Gasteiger partial charge in [-0.25, -0.2) is 0 Å². The minimum absolute atomic E-state index is 0.152. The lowest BCUT2D eigenvalue weighted by Gasteiger charge is -2.41. The van der Waals surface area contributed by atoms with Crippen LogP contribution >= 0.6 is 0 Å². The molecule has 1 rings (SSSR count). The molecule has 5 nitrogen and oxygen atoms in total. The molecule has 0 unspecified atom stereocenters. The molecule has 4 atom stereocenters. The lowest BCUT2D eigenvalue weighted by molar-refractivity contribution is -0.323. The van der Waals surface area contributed by atoms with Crippen LogP contribution in [-0.2, 0) is 4.74 Å². The second-order valence-corrected chi connectivity index (χ2v) is 4.12. The first kappa shape index (κ1) is 12.9. The number of ether oxygens (including phenoxy) is 1. The zero-order valence-corrected chi connectivity index (χ0v) is 8.96. The lowest BCUT2D eigenvalue weighted by atomic mass is 9.93. The summed E-state index contributed by atoms with van der Waals surface area (Å²) >= 11 is 0. The third-order valence-corrected chi connectivity index (χ3v) is 2.82. The highest BCUT2D eigenvalue weighted by molar-refractivity contribution is 4.91. The molecule has 15 heavy (non-hydrogen) atoms. The van der Waals surface area contributed by atoms with E-state index in [0.717, 1.165) is 12.8 Å². The molecule has 5 heteroatoms. The number of hydrogen-bond donors (Lipinski definition) is 4. The van der Waals surface area contributed by atoms with Crippen LogP contribution in [0.15, 0.2) is 0 Å². The van der Waals surface area contributed by atoms with Crippen molar-refractivity contribution >= 4 is 0 Å². The largest absolute Gasteiger partial charge is 0.388 e. The van der Waals surface area contributed by atoms with Crippen LogP contribution in [0.3, 0.4) is 0 Å². The van der Waals surface area contributed by atoms with Gasteiger partial charge in [0, 0.05) is 6.42 Å². The van der Waals surface area contributed by atoms with E-state index in [4.69, 9.17) is 4.74 Å². The van der Waals surface area contributed by atoms with Crippen LogP contribution in [0.2, 0.25) is 0 Å². The number of unbranched alkanes of at least 4 members (excludes halogenated alkanes) is 2. The van der Waals surface area contributed by atoms with Crippen molar-refractivity contribution in [1.29, 1.82) is 0 Å². The highest BCUT2D eigenvalue weighted by atomic mass is 16.6. The molecule has 1 saturated heterocycles. The van der Waals surface area contributed by atoms with Crippen molar-refractivity contribution in [3.8, 4) is 0 Å². The van der Waals surface area contributed by atoms with Gasteiger partial charge in [0.2, 0.25) is 0 Å². The standard InChI is InChI=1S/C10H20O5/c1-2-3-4-5-10(14)9(13)8(12)7(11)6-15-10/h7-9,11-14H,2-6H2,1H3/t7-,8+,9-,10-/m1/s1. The Balaban J connectivity index is 2.51. The minimum Gasteiger partial charge on any atom is -0.388 e. The first-order valence-corrected chi connectivity index (χ1v) is 5.42. The van der Waals surface area contributed by atoms with Gasteiger partial charge in [0.1, 0.15) is 18.3 Å². The molecule has 0 amide bonds. The topological polar surface area (TPSA) is 90.2 Å². The lowest BCUT2D eigenvalue weighted by Crippen LogP contribution is -2.60. The normalized spacial score (nSPS) is 41.8. The summed E-state index contributed by atoms with van der Waals surface area (Å²) in [6.07, 6.45) is -1.01. The van der Waals surface area contributed by atoms with E-state index in [9.17, 15) is 20.4 Å². The predicted octanol–water partition coefficient (Wildman–Crippen LogP) is -0.632. The number of hydrogen-bond acceptors (Lipinski definition) is 5. The first-order chi connectivity index (χ1) is 7.01. The zero-order chi connectivity index (χ0) is 11.5. The van der Waals surface area contributed by atoms with Crippen molar-refractivity contribution in [3.05, 3.63) is 0 Å². The maximum Gasteiger partial charge on any atom is 0.194 e. The molecule has 4 N–H and O–H groups in total. The van der Waals surface area contributed by atoms with E-state index < -0.39 is 24.1 Å². The molecular weight excluding hydrogens is 200 g/mol. The summed E-state index contributed by atoms with van der Waals surface area (Å²) in [5, 5.41) is 38.1. The summed E-state index contributed by atoms with van der Waals surface area (Å²) in [5.74, 6) is -1.71. The second kappa shape index (κ2) is 5.23. The number of aliphatic hydroxyl groups is 4. The Morgan fingerprint density at radius 2 is 1.93 bits per heavy atom. The van der Waals surface area contributed by atoms with Crippen LogP contribution in [-0.4, -0.2) is 51.1 Å². The molecule has 1 aliphatic rings. The molecule has 0 aromatic carbocycles. The molecule has 0 aromatic rings. The second-order valence-electron chi connectivity index (χ2n) is 4.12. The fourth-order valence-corrected chi connectivity index (χ4v) is 1.74. The van der Waals surface area contributed by atoms with E-state index in [1.807, 2.05) is 6.92 Å². The van der Waals surface area contributed by atoms with Gasteiger partial charge in [0.15, 0.2) is 5.79 Å². The van der Waals surface area contributed by atoms with Gasteiger partial charge >= 0.3 is 0 Å². The van der Waals surface area contributed by atoms with Gasteiger partial charge in [-0.05, 0) is 6.42 Å². The smallest absolute Gasteiger partial charge is 0.194 e. The Morgan fingerprint density at radius 1 is 1.27 bits per heavy atom. The quantitative estimate of drug-likeness (QED) is 0.474. The van der Waals surface area contributed by atoms with Crippen LogP contribution in [0.25, 0.3) is 0 Å². The predicted molar refractivity (Wildman–Crippen MR) is 53.1 cm³/mol. The van der Waals surface area contributed by atoms with Crippen LogP contribution in [0.5, 0.6) is 0 Å². The van der Waals surface area contributed by atoms with Crippen molar-refractivity contribution in [1.82, 2.24) is 0 Å². The Bertz CT molecular complexity index is 198. The Labute approximate surface area is 89.3 Å². The fraction of sp³-hybridized carbons (Fsp3) is 1.00. The van der Waals surface area contributed by atoms with Gasteiger partial charge in [0.25, 0.3) is 0 Å². The summed E-state index contributed by atoms with van der Waals surface area (Å²) in [4.78, 5) is 0. The highest BCUT2D eigenvalue weighted by Gasteiger charge is 2.47. The van der Waals surface area contributed by atoms with Gasteiger partial charge in [-0.3, -0.25) is 0 Å². The average Bonchev–Trinajstić information content (AvgIpc) is 2.22. The van der Waals surface area contributed by atoms with Gasteiger partial charge in [-0.15, -0.1) is 0 Å². The molecule has 0 aliphatic carbocycles. The number of rotatable bonds is 4. The van der Waals surface area contributed by atoms with Crippen molar-refractivity contribution in [2.24, 2.45) is 0 Å². The molecule has 0 bridgehead atoms. The van der Waals surface area contributed by atoms with Crippen molar-refractivity contribution < 1.29 is 25.2 Å². The van der Waals surface area contributed by atoms with E-state index in [1.54, 1.807) is 0 Å². The number of aliphatic hydroxyl groups excluding tert-OH is 3. The van der Waals surface area contributed by atoms with Gasteiger partial charge in [-0.2, -0.15) is 0 Å². The molecular formula is C10H20O5. The molecule has 90 valence electrons. The summed E-state index contributed by atoms with van der Waals surface area (Å²) in [7, 11) is 0. The van der Waals surface area contributed by atoms with Gasteiger partial charge in [0.05, 0.1) is 6.61 Å². The monoisotopic (exact) mass is 220 g/mol. The van der Waals surface area contributed by atoms with E-state index >= 15 is 0 Å². The fourth-order valence-electron chi connectivity index (χ4n) is 1.74. The first-order valence-electron chi connectivity index (χ1n) is 5.42. The third-order valence-electron chi connectivity index (χ3n) is 2.82. The maximum absolute atomic E-state index is 9.91. The van der Waals surface area contributed by atoms with Crippen LogP contribution in [0.4, 0.5) is 0 Å². The van der Waals surface area contributed by atoms with E-state index in [0.29, 0.717) is 6.42 Å². The van der Waals surface area contributed by atoms with Crippen molar-refractivity contribution in [2.75, 3.05) is 6.61 Å². The van der Waals surface area contributed by atoms with Gasteiger partial charge in [-0.1, -0.05) is 19.8 Å². The van der Waals surface area contributed by atoms with Crippen LogP contribution < -0.4 is 0 Å². The summed E-state index contributed by atoms with van der Waals surface area (Å²) in [6, 6.07) is 0. The zero-order valence-electron chi connectivity index (χ0n) is 8.96.